The molecule has 4 aromatic carbocycles. The first kappa shape index (κ1) is 31.6. The van der Waals surface area contributed by atoms with Crippen molar-refractivity contribution >= 4 is 0 Å². The molecule has 0 aliphatic carbocycles. The molecule has 246 valence electrons. The lowest BCUT2D eigenvalue weighted by molar-refractivity contribution is -1.06. The molecule has 4 aromatic rings. The lowest BCUT2D eigenvalue weighted by atomic mass is 9.70. The number of benzene rings is 4. The van der Waals surface area contributed by atoms with Crippen molar-refractivity contribution in [2.75, 3.05) is 41.0 Å². The van der Waals surface area contributed by atoms with Crippen molar-refractivity contribution < 1.29 is 33.4 Å². The summed E-state index contributed by atoms with van der Waals surface area (Å²) in [6.45, 7) is 8.87. The fraction of sp³-hybridized carbons (Fsp3) is 0.368. The molecule has 0 saturated carbocycles. The number of hydrogen-bond acceptors (Lipinski definition) is 8. The van der Waals surface area contributed by atoms with E-state index in [1.807, 2.05) is 57.5 Å². The Morgan fingerprint density at radius 3 is 1.57 bits per heavy atom. The number of epoxide rings is 3. The molecule has 3 heterocycles. The SMILES string of the molecule is CN(Oc1ccc(C(C)(C)c2ccc(C(C)(c3ccc(ONC4CO4)cc3)c3ccc(O[N+](C)(C)C4CO4)cc3)cc2)cc1)C1CO1. The van der Waals surface area contributed by atoms with Gasteiger partial charge in [0.2, 0.25) is 0 Å². The average molecular weight is 639 g/mol. The molecule has 3 aliphatic heterocycles. The average Bonchev–Trinajstić information content (AvgIpc) is 3.92. The predicted molar refractivity (Wildman–Crippen MR) is 178 cm³/mol. The lowest BCUT2D eigenvalue weighted by Crippen LogP contribution is -2.45. The molecule has 47 heavy (non-hydrogen) atoms. The van der Waals surface area contributed by atoms with Crippen LogP contribution in [0.4, 0.5) is 0 Å². The van der Waals surface area contributed by atoms with Crippen LogP contribution in [-0.4, -0.2) is 69.4 Å². The van der Waals surface area contributed by atoms with Crippen LogP contribution in [-0.2, 0) is 25.0 Å². The van der Waals surface area contributed by atoms with Crippen LogP contribution in [0, 0.1) is 0 Å². The Balaban J connectivity index is 1.16. The van der Waals surface area contributed by atoms with Gasteiger partial charge in [-0.3, -0.25) is 0 Å². The number of nitrogens with zero attached hydrogens (tertiary/aromatic N) is 2. The summed E-state index contributed by atoms with van der Waals surface area (Å²) in [6.07, 6.45) is 0.0786. The highest BCUT2D eigenvalue weighted by atomic mass is 16.8. The minimum absolute atomic E-state index is 0.0334. The molecule has 0 amide bonds. The van der Waals surface area contributed by atoms with E-state index in [0.29, 0.717) is 24.5 Å². The van der Waals surface area contributed by atoms with E-state index < -0.39 is 5.41 Å². The number of likely N-dealkylation sites (N-methyl/N-ethyl adjacent to an activating group) is 2. The van der Waals surface area contributed by atoms with Crippen molar-refractivity contribution in [3.63, 3.8) is 0 Å². The molecular weight excluding hydrogens is 594 g/mol. The summed E-state index contributed by atoms with van der Waals surface area (Å²) in [5.41, 5.74) is 8.17. The zero-order valence-electron chi connectivity index (χ0n) is 27.9. The molecule has 0 spiro atoms. The number of ether oxygens (including phenoxy) is 3. The van der Waals surface area contributed by atoms with E-state index in [0.717, 1.165) is 28.4 Å². The maximum atomic E-state index is 6.27. The van der Waals surface area contributed by atoms with Gasteiger partial charge in [0.25, 0.3) is 6.23 Å². The van der Waals surface area contributed by atoms with Gasteiger partial charge in [0.15, 0.2) is 18.2 Å². The van der Waals surface area contributed by atoms with Crippen molar-refractivity contribution in [1.82, 2.24) is 10.5 Å². The molecule has 3 aliphatic rings. The third kappa shape index (κ3) is 6.87. The van der Waals surface area contributed by atoms with E-state index in [-0.39, 0.29) is 24.1 Å². The number of nitrogens with one attached hydrogen (secondary N) is 1. The number of hydrogen-bond donors (Lipinski definition) is 1. The molecule has 0 aromatic heterocycles. The van der Waals surface area contributed by atoms with Crippen LogP contribution < -0.4 is 20.0 Å². The second kappa shape index (κ2) is 12.2. The molecule has 3 saturated heterocycles. The molecule has 7 rings (SSSR count). The maximum Gasteiger partial charge on any atom is 0.255 e. The van der Waals surface area contributed by atoms with Crippen LogP contribution in [0.25, 0.3) is 0 Å². The zero-order valence-corrected chi connectivity index (χ0v) is 27.9. The standard InChI is InChI=1S/C38H44N3O6/c1-37(2,27-11-19-32(20-12-27)46-40(4)35-24-43-35)26-7-9-28(10-8-26)38(3,29-13-17-31(18-14-29)45-39-34-23-42-34)30-15-21-33(22-16-30)47-41(5,6)36-25-44-36/h7-22,34-36,39H,23-25H2,1-6H3/q+1. The van der Waals surface area contributed by atoms with Crippen LogP contribution in [0.15, 0.2) is 97.1 Å². The van der Waals surface area contributed by atoms with E-state index in [4.69, 9.17) is 28.7 Å². The number of rotatable bonds is 14. The van der Waals surface area contributed by atoms with Crippen LogP contribution >= 0.6 is 0 Å². The summed E-state index contributed by atoms with van der Waals surface area (Å²) in [5.74, 6) is 2.33. The fourth-order valence-electron chi connectivity index (χ4n) is 5.99. The van der Waals surface area contributed by atoms with Crippen molar-refractivity contribution in [3.8, 4) is 17.2 Å². The first-order valence-corrected chi connectivity index (χ1v) is 16.2. The van der Waals surface area contributed by atoms with Gasteiger partial charge in [0.05, 0.1) is 13.2 Å². The zero-order chi connectivity index (χ0) is 32.8. The van der Waals surface area contributed by atoms with Gasteiger partial charge in [-0.25, -0.2) is 0 Å². The predicted octanol–water partition coefficient (Wildman–Crippen LogP) is 5.91. The Labute approximate surface area is 277 Å². The van der Waals surface area contributed by atoms with Crippen LogP contribution in [0.2, 0.25) is 0 Å². The first-order chi connectivity index (χ1) is 22.5. The van der Waals surface area contributed by atoms with Crippen LogP contribution in [0.5, 0.6) is 17.2 Å². The quantitative estimate of drug-likeness (QED) is 0.0790. The largest absolute Gasteiger partial charge is 0.406 e. The first-order valence-electron chi connectivity index (χ1n) is 16.2. The normalized spacial score (nSPS) is 21.6. The van der Waals surface area contributed by atoms with Crippen LogP contribution in [0.3, 0.4) is 0 Å². The second-order valence-corrected chi connectivity index (χ2v) is 13.7. The Morgan fingerprint density at radius 2 is 1.09 bits per heavy atom. The van der Waals surface area contributed by atoms with Gasteiger partial charge in [-0.05, 0) is 71.1 Å². The van der Waals surface area contributed by atoms with Crippen molar-refractivity contribution in [1.29, 1.82) is 0 Å². The van der Waals surface area contributed by atoms with E-state index in [1.54, 1.807) is 5.06 Å². The minimum atomic E-state index is -0.451. The van der Waals surface area contributed by atoms with Crippen LogP contribution in [0.1, 0.15) is 48.6 Å². The van der Waals surface area contributed by atoms with Gasteiger partial charge in [-0.2, -0.15) is 0 Å². The lowest BCUT2D eigenvalue weighted by Gasteiger charge is -2.33. The molecule has 4 atom stereocenters. The smallest absolute Gasteiger partial charge is 0.255 e. The summed E-state index contributed by atoms with van der Waals surface area (Å²) in [7, 11) is 5.91. The van der Waals surface area contributed by atoms with Crippen molar-refractivity contribution in [2.24, 2.45) is 0 Å². The summed E-state index contributed by atoms with van der Waals surface area (Å²) in [6, 6.07) is 34.0. The summed E-state index contributed by atoms with van der Waals surface area (Å²) in [5, 5.41) is 1.75. The van der Waals surface area contributed by atoms with E-state index >= 15 is 0 Å². The van der Waals surface area contributed by atoms with Gasteiger partial charge in [-0.15, -0.1) is 15.2 Å². The van der Waals surface area contributed by atoms with Crippen molar-refractivity contribution in [3.05, 3.63) is 125 Å². The Hall–Kier alpha value is -3.96. The minimum Gasteiger partial charge on any atom is -0.406 e. The van der Waals surface area contributed by atoms with Gasteiger partial charge in [-0.1, -0.05) is 74.5 Å². The topological polar surface area (TPSA) is 80.6 Å². The highest BCUT2D eigenvalue weighted by Crippen LogP contribution is 2.42. The third-order valence-electron chi connectivity index (χ3n) is 9.59. The van der Waals surface area contributed by atoms with Crippen molar-refractivity contribution in [2.45, 2.75) is 50.3 Å². The molecule has 0 bridgehead atoms. The van der Waals surface area contributed by atoms with Gasteiger partial charge >= 0.3 is 0 Å². The molecule has 4 unspecified atom stereocenters. The number of hydroxylamine groups is 6. The molecule has 0 radical (unpaired) electrons. The highest BCUT2D eigenvalue weighted by molar-refractivity contribution is 5.52. The number of quaternary nitrogens is 1. The molecule has 3 fully saturated rings. The van der Waals surface area contributed by atoms with E-state index in [1.165, 1.54) is 16.7 Å². The maximum absolute atomic E-state index is 6.27. The van der Waals surface area contributed by atoms with E-state index in [2.05, 4.69) is 86.9 Å². The molecular formula is C38H44N3O6+. The summed E-state index contributed by atoms with van der Waals surface area (Å²) in [4.78, 5) is 17.9. The van der Waals surface area contributed by atoms with Gasteiger partial charge in [0.1, 0.15) is 32.2 Å². The summed E-state index contributed by atoms with van der Waals surface area (Å²) >= 11 is 0. The Kier molecular flexibility index (Phi) is 8.24. The highest BCUT2D eigenvalue weighted by Gasteiger charge is 2.43. The van der Waals surface area contributed by atoms with Gasteiger partial charge < -0.3 is 28.7 Å². The second-order valence-electron chi connectivity index (χ2n) is 13.7. The van der Waals surface area contributed by atoms with E-state index in [9.17, 15) is 0 Å². The fourth-order valence-corrected chi connectivity index (χ4v) is 5.99. The molecule has 9 heteroatoms. The Morgan fingerprint density at radius 1 is 0.638 bits per heavy atom. The monoisotopic (exact) mass is 638 g/mol. The Bertz CT molecular complexity index is 1660. The molecule has 1 N–H and O–H groups in total. The molecule has 9 nitrogen and oxygen atoms in total. The summed E-state index contributed by atoms with van der Waals surface area (Å²) < 4.78 is 16.3. The van der Waals surface area contributed by atoms with Gasteiger partial charge in [0, 0.05) is 17.9 Å². The third-order valence-corrected chi connectivity index (χ3v) is 9.59.